The fraction of sp³-hybridized carbons (Fsp3) is 0.636. The van der Waals surface area contributed by atoms with Gasteiger partial charge in [0.05, 0.1) is 5.92 Å². The van der Waals surface area contributed by atoms with Gasteiger partial charge in [-0.15, -0.1) is 0 Å². The minimum atomic E-state index is -0.437. The van der Waals surface area contributed by atoms with E-state index >= 15 is 0 Å². The average Bonchev–Trinajstić information content (AvgIpc) is 2.73. The van der Waals surface area contributed by atoms with E-state index in [1.807, 2.05) is 24.1 Å². The standard InChI is InChI=1S/C22H33FN4O2/c1-25(21(28)19-6-4-11-27(16-19)22(24)29)15-17-8-12-26(13-9-17)14-10-18-5-2-3-7-20(18)23/h2-3,5,7,17,19H,4,6,8-16H2,1H3,(H2,24,29)/t19-/m0/s1. The van der Waals surface area contributed by atoms with Crippen molar-refractivity contribution in [3.8, 4) is 0 Å². The molecule has 1 aromatic carbocycles. The van der Waals surface area contributed by atoms with E-state index in [-0.39, 0.29) is 17.6 Å². The number of primary amides is 1. The van der Waals surface area contributed by atoms with Crippen molar-refractivity contribution in [2.45, 2.75) is 32.1 Å². The molecular formula is C22H33FN4O2. The van der Waals surface area contributed by atoms with Crippen LogP contribution in [0.15, 0.2) is 24.3 Å². The number of rotatable bonds is 6. The SMILES string of the molecule is CN(CC1CCN(CCc2ccccc2F)CC1)C(=O)[C@H]1CCCN(C(N)=O)C1. The largest absolute Gasteiger partial charge is 0.351 e. The molecule has 0 radical (unpaired) electrons. The van der Waals surface area contributed by atoms with E-state index in [1.165, 1.54) is 6.07 Å². The van der Waals surface area contributed by atoms with Crippen molar-refractivity contribution in [3.63, 3.8) is 0 Å². The van der Waals surface area contributed by atoms with Gasteiger partial charge >= 0.3 is 6.03 Å². The van der Waals surface area contributed by atoms with Gasteiger partial charge in [0.1, 0.15) is 5.82 Å². The summed E-state index contributed by atoms with van der Waals surface area (Å²) in [6.07, 6.45) is 4.47. The number of carbonyl (C=O) groups is 2. The predicted octanol–water partition coefficient (Wildman–Crippen LogP) is 2.33. The zero-order valence-corrected chi connectivity index (χ0v) is 17.4. The quantitative estimate of drug-likeness (QED) is 0.791. The number of nitrogens with two attached hydrogens (primary N) is 1. The average molecular weight is 405 g/mol. The second kappa shape index (κ2) is 10.1. The van der Waals surface area contributed by atoms with Crippen LogP contribution in [0, 0.1) is 17.7 Å². The maximum Gasteiger partial charge on any atom is 0.314 e. The number of halogens is 1. The molecule has 29 heavy (non-hydrogen) atoms. The fourth-order valence-electron chi connectivity index (χ4n) is 4.54. The summed E-state index contributed by atoms with van der Waals surface area (Å²) in [6, 6.07) is 6.54. The van der Waals surface area contributed by atoms with E-state index in [0.29, 0.717) is 19.0 Å². The predicted molar refractivity (Wildman–Crippen MR) is 111 cm³/mol. The third kappa shape index (κ3) is 5.92. The van der Waals surface area contributed by atoms with E-state index in [9.17, 15) is 14.0 Å². The summed E-state index contributed by atoms with van der Waals surface area (Å²) < 4.78 is 13.8. The van der Waals surface area contributed by atoms with Crippen LogP contribution in [0.2, 0.25) is 0 Å². The number of carbonyl (C=O) groups excluding carboxylic acids is 2. The van der Waals surface area contributed by atoms with E-state index in [0.717, 1.165) is 63.8 Å². The van der Waals surface area contributed by atoms with Gasteiger partial charge < -0.3 is 20.4 Å². The Labute approximate surface area is 172 Å². The molecule has 2 saturated heterocycles. The van der Waals surface area contributed by atoms with Crippen molar-refractivity contribution in [2.24, 2.45) is 17.6 Å². The van der Waals surface area contributed by atoms with Gasteiger partial charge in [-0.3, -0.25) is 4.79 Å². The lowest BCUT2D eigenvalue weighted by molar-refractivity contribution is -0.136. The molecule has 2 aliphatic rings. The molecule has 2 aliphatic heterocycles. The van der Waals surface area contributed by atoms with Crippen LogP contribution in [0.4, 0.5) is 9.18 Å². The second-order valence-corrected chi connectivity index (χ2v) is 8.47. The van der Waals surface area contributed by atoms with Crippen molar-refractivity contribution < 1.29 is 14.0 Å². The molecule has 0 aromatic heterocycles. The number of hydrogen-bond donors (Lipinski definition) is 1. The summed E-state index contributed by atoms with van der Waals surface area (Å²) in [5.41, 5.74) is 6.15. The van der Waals surface area contributed by atoms with Crippen LogP contribution >= 0.6 is 0 Å². The zero-order chi connectivity index (χ0) is 20.8. The smallest absolute Gasteiger partial charge is 0.314 e. The molecule has 3 rings (SSSR count). The van der Waals surface area contributed by atoms with Gasteiger partial charge in [0, 0.05) is 33.2 Å². The molecule has 7 heteroatoms. The first-order valence-electron chi connectivity index (χ1n) is 10.7. The monoisotopic (exact) mass is 404 g/mol. The van der Waals surface area contributed by atoms with Crippen molar-refractivity contribution in [1.82, 2.24) is 14.7 Å². The number of urea groups is 1. The lowest BCUT2D eigenvalue weighted by Gasteiger charge is -2.36. The highest BCUT2D eigenvalue weighted by Gasteiger charge is 2.30. The number of benzene rings is 1. The Bertz CT molecular complexity index is 706. The van der Waals surface area contributed by atoms with E-state index in [4.69, 9.17) is 5.73 Å². The van der Waals surface area contributed by atoms with Crippen LogP contribution in [0.1, 0.15) is 31.2 Å². The van der Waals surface area contributed by atoms with Gasteiger partial charge in [-0.25, -0.2) is 9.18 Å². The van der Waals surface area contributed by atoms with Gasteiger partial charge in [0.2, 0.25) is 5.91 Å². The molecule has 2 N–H and O–H groups in total. The molecule has 0 aliphatic carbocycles. The molecular weight excluding hydrogens is 371 g/mol. The van der Waals surface area contributed by atoms with Crippen molar-refractivity contribution >= 4 is 11.9 Å². The van der Waals surface area contributed by atoms with Crippen molar-refractivity contribution in [1.29, 1.82) is 0 Å². The molecule has 0 saturated carbocycles. The normalized spacial score (nSPS) is 21.2. The van der Waals surface area contributed by atoms with E-state index < -0.39 is 6.03 Å². The van der Waals surface area contributed by atoms with Crippen molar-refractivity contribution in [2.75, 3.05) is 46.3 Å². The number of amides is 3. The first-order chi connectivity index (χ1) is 13.9. The summed E-state index contributed by atoms with van der Waals surface area (Å²) >= 11 is 0. The Morgan fingerprint density at radius 1 is 1.17 bits per heavy atom. The highest BCUT2D eigenvalue weighted by atomic mass is 19.1. The van der Waals surface area contributed by atoms with Gasteiger partial charge in [-0.05, 0) is 62.7 Å². The molecule has 2 heterocycles. The third-order valence-electron chi connectivity index (χ3n) is 6.35. The van der Waals surface area contributed by atoms with Gasteiger partial charge in [-0.1, -0.05) is 18.2 Å². The summed E-state index contributed by atoms with van der Waals surface area (Å²) in [5, 5.41) is 0. The summed E-state index contributed by atoms with van der Waals surface area (Å²) in [7, 11) is 1.87. The first-order valence-corrected chi connectivity index (χ1v) is 10.7. The molecule has 3 amide bonds. The topological polar surface area (TPSA) is 69.9 Å². The van der Waals surface area contributed by atoms with Gasteiger partial charge in [-0.2, -0.15) is 0 Å². The lowest BCUT2D eigenvalue weighted by atomic mass is 9.93. The fourth-order valence-corrected chi connectivity index (χ4v) is 4.54. The number of hydrogen-bond acceptors (Lipinski definition) is 3. The second-order valence-electron chi connectivity index (χ2n) is 8.47. The van der Waals surface area contributed by atoms with Crippen LogP contribution in [0.5, 0.6) is 0 Å². The van der Waals surface area contributed by atoms with Crippen LogP contribution in [0.3, 0.4) is 0 Å². The molecule has 0 unspecified atom stereocenters. The highest BCUT2D eigenvalue weighted by molar-refractivity contribution is 5.80. The summed E-state index contributed by atoms with van der Waals surface area (Å²) in [4.78, 5) is 30.0. The van der Waals surface area contributed by atoms with E-state index in [1.54, 1.807) is 11.0 Å². The minimum absolute atomic E-state index is 0.123. The number of piperidine rings is 2. The Balaban J connectivity index is 1.40. The Morgan fingerprint density at radius 3 is 2.59 bits per heavy atom. The summed E-state index contributed by atoms with van der Waals surface area (Å²) in [6.45, 7) is 4.68. The van der Waals surface area contributed by atoms with Crippen LogP contribution in [-0.4, -0.2) is 73.0 Å². The maximum atomic E-state index is 13.8. The Morgan fingerprint density at radius 2 is 1.90 bits per heavy atom. The van der Waals surface area contributed by atoms with Crippen LogP contribution < -0.4 is 5.73 Å². The first kappa shape index (κ1) is 21.6. The Hall–Kier alpha value is -2.15. The Kier molecular flexibility index (Phi) is 7.47. The van der Waals surface area contributed by atoms with E-state index in [2.05, 4.69) is 4.90 Å². The molecule has 1 atom stereocenters. The minimum Gasteiger partial charge on any atom is -0.351 e. The molecule has 0 spiro atoms. The molecule has 160 valence electrons. The number of likely N-dealkylation sites (tertiary alicyclic amines) is 2. The molecule has 6 nitrogen and oxygen atoms in total. The summed E-state index contributed by atoms with van der Waals surface area (Å²) in [5.74, 6) is 0.352. The van der Waals surface area contributed by atoms with Crippen molar-refractivity contribution in [3.05, 3.63) is 35.6 Å². The van der Waals surface area contributed by atoms with Gasteiger partial charge in [0.25, 0.3) is 0 Å². The highest BCUT2D eigenvalue weighted by Crippen LogP contribution is 2.22. The third-order valence-corrected chi connectivity index (χ3v) is 6.35. The molecule has 1 aromatic rings. The van der Waals surface area contributed by atoms with Gasteiger partial charge in [0.15, 0.2) is 0 Å². The molecule has 0 bridgehead atoms. The zero-order valence-electron chi connectivity index (χ0n) is 17.4. The van der Waals surface area contributed by atoms with Crippen LogP contribution in [0.25, 0.3) is 0 Å². The lowest BCUT2D eigenvalue weighted by Crippen LogP contribution is -2.48. The van der Waals surface area contributed by atoms with Crippen LogP contribution in [-0.2, 0) is 11.2 Å². The maximum absolute atomic E-state index is 13.8. The number of nitrogens with zero attached hydrogens (tertiary/aromatic N) is 3. The molecule has 2 fully saturated rings.